The third kappa shape index (κ3) is 4.60. The van der Waals surface area contributed by atoms with Gasteiger partial charge in [-0.15, -0.1) is 0 Å². The number of hydrogen-bond acceptors (Lipinski definition) is 1. The van der Waals surface area contributed by atoms with E-state index in [9.17, 15) is 35.1 Å². The molecule has 0 bridgehead atoms. The van der Waals surface area contributed by atoms with Crippen molar-refractivity contribution in [2.45, 2.75) is 88.3 Å². The number of alkyl halides is 6. The molecule has 2 aliphatic rings. The van der Waals surface area contributed by atoms with Crippen LogP contribution < -0.4 is 0 Å². The van der Waals surface area contributed by atoms with Crippen LogP contribution in [-0.2, 0) is 10.8 Å². The number of ether oxygens (including phenoxy) is 1. The van der Waals surface area contributed by atoms with Gasteiger partial charge in [-0.25, -0.2) is 8.78 Å². The monoisotopic (exact) mass is 444 g/mol. The summed E-state index contributed by atoms with van der Waals surface area (Å²) in [6, 6.07) is 1.61. The van der Waals surface area contributed by atoms with E-state index in [-0.39, 0.29) is 11.5 Å². The van der Waals surface area contributed by atoms with E-state index in [0.29, 0.717) is 18.8 Å². The first-order valence-corrected chi connectivity index (χ1v) is 10.2. The fraction of sp³-hybridized carbons (Fsp3) is 0.714. The fourth-order valence-corrected chi connectivity index (χ4v) is 4.59. The molecule has 9 heteroatoms. The van der Waals surface area contributed by atoms with Crippen LogP contribution in [0.3, 0.4) is 0 Å². The second-order valence-electron chi connectivity index (χ2n) is 8.44. The largest absolute Gasteiger partial charge is 0.389 e. The van der Waals surface area contributed by atoms with Crippen LogP contribution in [0.25, 0.3) is 0 Å². The van der Waals surface area contributed by atoms with E-state index in [1.165, 1.54) is 0 Å². The van der Waals surface area contributed by atoms with Gasteiger partial charge >= 0.3 is 18.0 Å². The first-order chi connectivity index (χ1) is 13.9. The molecule has 0 N–H and O–H groups in total. The zero-order chi connectivity index (χ0) is 22.3. The molecule has 0 spiro atoms. The maximum Gasteiger partial charge on any atom is 0.389 e. The Kier molecular flexibility index (Phi) is 6.43. The molecule has 2 aliphatic carbocycles. The van der Waals surface area contributed by atoms with Crippen LogP contribution in [0.2, 0.25) is 0 Å². The molecule has 0 amide bonds. The van der Waals surface area contributed by atoms with Crippen molar-refractivity contribution in [3.8, 4) is 0 Å². The quantitative estimate of drug-likeness (QED) is 0.412. The standard InChI is InChI=1S/C21H24F8O/c1-2-3-12-4-6-13(7-5-12)14-8-16(22)18(17(23)9-14)21(28,29)30-15-10-19(24,25)20(26,27)11-15/h8-9,12-13,15H,2-7,10-11H2,1H3. The van der Waals surface area contributed by atoms with E-state index in [4.69, 9.17) is 0 Å². The topological polar surface area (TPSA) is 9.23 Å². The van der Waals surface area contributed by atoms with Gasteiger partial charge in [0, 0.05) is 12.8 Å². The van der Waals surface area contributed by atoms with Gasteiger partial charge in [0.2, 0.25) is 0 Å². The SMILES string of the molecule is CCCC1CCC(c2cc(F)c(C(F)(F)OC3CC(F)(F)C(F)(F)C3)c(F)c2)CC1. The summed E-state index contributed by atoms with van der Waals surface area (Å²) in [4.78, 5) is 0. The van der Waals surface area contributed by atoms with Crippen molar-refractivity contribution in [1.29, 1.82) is 0 Å². The van der Waals surface area contributed by atoms with Crippen molar-refractivity contribution in [2.75, 3.05) is 0 Å². The van der Waals surface area contributed by atoms with E-state index in [2.05, 4.69) is 11.7 Å². The summed E-state index contributed by atoms with van der Waals surface area (Å²) in [6.45, 7) is 2.08. The lowest BCUT2D eigenvalue weighted by molar-refractivity contribution is -0.277. The molecule has 170 valence electrons. The molecule has 0 aliphatic heterocycles. The third-order valence-corrected chi connectivity index (χ3v) is 6.19. The van der Waals surface area contributed by atoms with Crippen molar-refractivity contribution in [3.63, 3.8) is 0 Å². The Morgan fingerprint density at radius 1 is 0.933 bits per heavy atom. The summed E-state index contributed by atoms with van der Waals surface area (Å²) in [6.07, 6.45) is -4.97. The zero-order valence-electron chi connectivity index (χ0n) is 16.5. The normalized spacial score (nSPS) is 26.8. The van der Waals surface area contributed by atoms with Crippen LogP contribution in [-0.4, -0.2) is 17.9 Å². The average Bonchev–Trinajstić information content (AvgIpc) is 2.80. The minimum Gasteiger partial charge on any atom is -0.313 e. The lowest BCUT2D eigenvalue weighted by Gasteiger charge is -2.29. The zero-order valence-corrected chi connectivity index (χ0v) is 16.5. The van der Waals surface area contributed by atoms with E-state index in [0.717, 1.165) is 37.8 Å². The van der Waals surface area contributed by atoms with Gasteiger partial charge in [-0.1, -0.05) is 19.8 Å². The van der Waals surface area contributed by atoms with Crippen molar-refractivity contribution < 1.29 is 39.9 Å². The Bertz CT molecular complexity index is 716. The summed E-state index contributed by atoms with van der Waals surface area (Å²) in [5.41, 5.74) is -1.50. The molecule has 0 aromatic heterocycles. The minimum absolute atomic E-state index is 0.169. The summed E-state index contributed by atoms with van der Waals surface area (Å²) in [7, 11) is 0. The molecule has 3 rings (SSSR count). The van der Waals surface area contributed by atoms with E-state index >= 15 is 0 Å². The smallest absolute Gasteiger partial charge is 0.313 e. The Hall–Kier alpha value is -1.38. The predicted octanol–water partition coefficient (Wildman–Crippen LogP) is 7.54. The Morgan fingerprint density at radius 3 is 1.90 bits per heavy atom. The van der Waals surface area contributed by atoms with Crippen LogP contribution in [0.1, 0.15) is 75.3 Å². The number of benzene rings is 1. The lowest BCUT2D eigenvalue weighted by atomic mass is 9.77. The highest BCUT2D eigenvalue weighted by Crippen LogP contribution is 2.51. The maximum atomic E-state index is 14.4. The summed E-state index contributed by atoms with van der Waals surface area (Å²) < 4.78 is 115. The highest BCUT2D eigenvalue weighted by Gasteiger charge is 2.65. The van der Waals surface area contributed by atoms with Crippen molar-refractivity contribution >= 4 is 0 Å². The van der Waals surface area contributed by atoms with Gasteiger partial charge in [0.15, 0.2) is 0 Å². The Morgan fingerprint density at radius 2 is 1.43 bits per heavy atom. The van der Waals surface area contributed by atoms with Crippen LogP contribution in [0.4, 0.5) is 35.1 Å². The molecule has 0 unspecified atom stereocenters. The second kappa shape index (κ2) is 8.28. The third-order valence-electron chi connectivity index (χ3n) is 6.19. The number of halogens is 8. The van der Waals surface area contributed by atoms with E-state index < -0.39 is 54.1 Å². The Labute approximate surface area is 169 Å². The van der Waals surface area contributed by atoms with E-state index in [1.54, 1.807) is 0 Å². The van der Waals surface area contributed by atoms with Crippen molar-refractivity contribution in [1.82, 2.24) is 0 Å². The molecule has 0 atom stereocenters. The van der Waals surface area contributed by atoms with Crippen molar-refractivity contribution in [2.24, 2.45) is 5.92 Å². The molecular formula is C21H24F8O. The van der Waals surface area contributed by atoms with Crippen molar-refractivity contribution in [3.05, 3.63) is 34.9 Å². The maximum absolute atomic E-state index is 14.4. The second-order valence-corrected chi connectivity index (χ2v) is 8.44. The molecule has 30 heavy (non-hydrogen) atoms. The molecule has 1 aromatic carbocycles. The van der Waals surface area contributed by atoms with E-state index in [1.807, 2.05) is 0 Å². The molecule has 0 heterocycles. The van der Waals surface area contributed by atoms with Gasteiger partial charge in [-0.2, -0.15) is 26.3 Å². The van der Waals surface area contributed by atoms with Gasteiger partial charge in [-0.3, -0.25) is 0 Å². The van der Waals surface area contributed by atoms with Crippen LogP contribution in [0.5, 0.6) is 0 Å². The summed E-state index contributed by atoms with van der Waals surface area (Å²) >= 11 is 0. The predicted molar refractivity (Wildman–Crippen MR) is 93.9 cm³/mol. The van der Waals surface area contributed by atoms with Gasteiger partial charge in [0.25, 0.3) is 0 Å². The lowest BCUT2D eigenvalue weighted by Crippen LogP contribution is -2.33. The molecule has 1 aromatic rings. The minimum atomic E-state index is -4.66. The van der Waals surface area contributed by atoms with Gasteiger partial charge in [0.05, 0.1) is 6.10 Å². The average molecular weight is 444 g/mol. The van der Waals surface area contributed by atoms with Crippen LogP contribution >= 0.6 is 0 Å². The molecule has 1 nitrogen and oxygen atoms in total. The summed E-state index contributed by atoms with van der Waals surface area (Å²) in [5.74, 6) is -11.8. The molecule has 0 saturated heterocycles. The molecular weight excluding hydrogens is 420 g/mol. The first-order valence-electron chi connectivity index (χ1n) is 10.2. The van der Waals surface area contributed by atoms with Gasteiger partial charge in [-0.05, 0) is 55.2 Å². The van der Waals surface area contributed by atoms with Gasteiger partial charge < -0.3 is 4.74 Å². The molecule has 2 saturated carbocycles. The highest BCUT2D eigenvalue weighted by atomic mass is 19.3. The summed E-state index contributed by atoms with van der Waals surface area (Å²) in [5, 5.41) is 0. The molecule has 0 radical (unpaired) electrons. The Balaban J connectivity index is 1.75. The number of rotatable bonds is 6. The number of hydrogen-bond donors (Lipinski definition) is 0. The van der Waals surface area contributed by atoms with Crippen LogP contribution in [0, 0.1) is 17.6 Å². The fourth-order valence-electron chi connectivity index (χ4n) is 4.59. The molecule has 2 fully saturated rings. The highest BCUT2D eigenvalue weighted by molar-refractivity contribution is 5.31. The van der Waals surface area contributed by atoms with Crippen LogP contribution in [0.15, 0.2) is 12.1 Å². The van der Waals surface area contributed by atoms with Gasteiger partial charge in [0.1, 0.15) is 17.2 Å². The first kappa shape index (κ1) is 23.3.